The van der Waals surface area contributed by atoms with Crippen LogP contribution in [0, 0.1) is 19.7 Å². The number of carbonyl (C=O) groups excluding carboxylic acids is 1. The first kappa shape index (κ1) is 27.5. The number of benzene rings is 3. The van der Waals surface area contributed by atoms with Crippen LogP contribution in [0.2, 0.25) is 0 Å². The molecule has 2 aromatic heterocycles. The lowest BCUT2D eigenvalue weighted by molar-refractivity contribution is -0.119. The van der Waals surface area contributed by atoms with Crippen molar-refractivity contribution in [1.82, 2.24) is 20.3 Å². The molecule has 2 heterocycles. The molecule has 7 nitrogen and oxygen atoms in total. The minimum Gasteiger partial charge on any atom is -0.496 e. The second-order valence-corrected chi connectivity index (χ2v) is 10.6. The lowest BCUT2D eigenvalue weighted by Crippen LogP contribution is -2.32. The number of rotatable bonds is 8. The number of ether oxygens (including phenoxy) is 1. The molecule has 0 bridgehead atoms. The molecule has 6 rings (SSSR count). The number of aromatic nitrogens is 3. The van der Waals surface area contributed by atoms with Gasteiger partial charge in [0.05, 0.1) is 18.7 Å². The lowest BCUT2D eigenvalue weighted by Gasteiger charge is -2.19. The van der Waals surface area contributed by atoms with Gasteiger partial charge in [-0.1, -0.05) is 30.3 Å². The fourth-order valence-corrected chi connectivity index (χ4v) is 5.80. The van der Waals surface area contributed by atoms with Gasteiger partial charge in [-0.25, -0.2) is 14.4 Å². The molecule has 1 saturated carbocycles. The number of halogens is 1. The average molecular weight is 562 g/mol. The van der Waals surface area contributed by atoms with Crippen LogP contribution in [0.3, 0.4) is 0 Å². The van der Waals surface area contributed by atoms with E-state index in [0.717, 1.165) is 57.4 Å². The smallest absolute Gasteiger partial charge is 0.158 e. The zero-order chi connectivity index (χ0) is 29.2. The van der Waals surface area contributed by atoms with Crippen molar-refractivity contribution in [2.45, 2.75) is 45.7 Å². The zero-order valence-corrected chi connectivity index (χ0v) is 23.9. The fourth-order valence-electron chi connectivity index (χ4n) is 5.80. The van der Waals surface area contributed by atoms with E-state index in [1.54, 1.807) is 31.8 Å². The first-order valence-electron chi connectivity index (χ1n) is 14.1. The molecule has 1 atom stereocenters. The van der Waals surface area contributed by atoms with E-state index in [1.807, 2.05) is 36.4 Å². The van der Waals surface area contributed by atoms with Crippen molar-refractivity contribution in [3.05, 3.63) is 95.7 Å². The zero-order valence-electron chi connectivity index (χ0n) is 23.9. The van der Waals surface area contributed by atoms with E-state index >= 15 is 4.39 Å². The predicted molar refractivity (Wildman–Crippen MR) is 163 cm³/mol. The van der Waals surface area contributed by atoms with E-state index in [1.165, 1.54) is 0 Å². The largest absolute Gasteiger partial charge is 0.496 e. The minimum absolute atomic E-state index is 0.190. The number of pyridine rings is 1. The van der Waals surface area contributed by atoms with Crippen molar-refractivity contribution in [3.8, 4) is 28.0 Å². The molecule has 0 radical (unpaired) electrons. The van der Waals surface area contributed by atoms with Gasteiger partial charge in [-0.15, -0.1) is 0 Å². The molecule has 3 aromatic carbocycles. The molecule has 212 valence electrons. The highest BCUT2D eigenvalue weighted by molar-refractivity contribution is 5.89. The second-order valence-electron chi connectivity index (χ2n) is 10.6. The Bertz CT molecular complexity index is 1800. The van der Waals surface area contributed by atoms with E-state index in [4.69, 9.17) is 4.74 Å². The van der Waals surface area contributed by atoms with Gasteiger partial charge >= 0.3 is 0 Å². The molecule has 5 aromatic rings. The molecule has 0 amide bonds. The monoisotopic (exact) mass is 561 g/mol. The Morgan fingerprint density at radius 2 is 1.69 bits per heavy atom. The van der Waals surface area contributed by atoms with E-state index in [9.17, 15) is 4.79 Å². The van der Waals surface area contributed by atoms with Crippen molar-refractivity contribution in [3.63, 3.8) is 0 Å². The first-order chi connectivity index (χ1) is 20.4. The summed E-state index contributed by atoms with van der Waals surface area (Å²) in [6.45, 7) is 4.36. The molecule has 0 aliphatic heterocycles. The fraction of sp³-hybridized carbons (Fsp3) is 0.235. The Morgan fingerprint density at radius 3 is 2.48 bits per heavy atom. The first-order valence-corrected chi connectivity index (χ1v) is 14.1. The molecule has 1 fully saturated rings. The van der Waals surface area contributed by atoms with Gasteiger partial charge in [0.15, 0.2) is 5.82 Å². The van der Waals surface area contributed by atoms with Crippen LogP contribution in [0.5, 0.6) is 5.75 Å². The van der Waals surface area contributed by atoms with Gasteiger partial charge < -0.3 is 15.4 Å². The highest BCUT2D eigenvalue weighted by Gasteiger charge is 2.25. The van der Waals surface area contributed by atoms with Crippen molar-refractivity contribution in [2.75, 3.05) is 12.4 Å². The number of nitrogens with zero attached hydrogens (tertiary/aromatic N) is 3. The summed E-state index contributed by atoms with van der Waals surface area (Å²) in [5.41, 5.74) is 8.63. The molecule has 0 unspecified atom stereocenters. The summed E-state index contributed by atoms with van der Waals surface area (Å²) < 4.78 is 21.1. The van der Waals surface area contributed by atoms with Gasteiger partial charge in [-0.2, -0.15) is 0 Å². The summed E-state index contributed by atoms with van der Waals surface area (Å²) in [5.74, 6) is 0.928. The summed E-state index contributed by atoms with van der Waals surface area (Å²) >= 11 is 0. The molecule has 42 heavy (non-hydrogen) atoms. The predicted octanol–water partition coefficient (Wildman–Crippen LogP) is 7.08. The molecule has 0 spiro atoms. The molecule has 8 heteroatoms. The maximum Gasteiger partial charge on any atom is 0.158 e. The van der Waals surface area contributed by atoms with Gasteiger partial charge in [0.2, 0.25) is 0 Å². The van der Waals surface area contributed by atoms with Gasteiger partial charge in [-0.05, 0) is 84.3 Å². The van der Waals surface area contributed by atoms with Crippen LogP contribution in [-0.2, 0) is 11.3 Å². The number of methoxy groups -OCH3 is 1. The lowest BCUT2D eigenvalue weighted by atomic mass is 9.90. The van der Waals surface area contributed by atoms with Gasteiger partial charge in [0.1, 0.15) is 22.9 Å². The van der Waals surface area contributed by atoms with Gasteiger partial charge in [-0.3, -0.25) is 9.78 Å². The molecule has 2 N–H and O–H groups in total. The van der Waals surface area contributed by atoms with Gasteiger partial charge in [0.25, 0.3) is 0 Å². The normalized spacial score (nSPS) is 14.9. The summed E-state index contributed by atoms with van der Waals surface area (Å²) in [6, 6.07) is 17.2. The second kappa shape index (κ2) is 11.7. The number of nitrogens with one attached hydrogen (secondary N) is 2. The van der Waals surface area contributed by atoms with Crippen LogP contribution in [0.4, 0.5) is 15.9 Å². The average Bonchev–Trinajstić information content (AvgIpc) is 3.42. The van der Waals surface area contributed by atoms with Crippen LogP contribution in [0.1, 0.15) is 36.0 Å². The molecular formula is C34H32FN5O2. The van der Waals surface area contributed by atoms with E-state index < -0.39 is 0 Å². The van der Waals surface area contributed by atoms with Crippen LogP contribution in [0.15, 0.2) is 73.2 Å². The highest BCUT2D eigenvalue weighted by Crippen LogP contribution is 2.38. The van der Waals surface area contributed by atoms with Crippen LogP contribution in [-0.4, -0.2) is 33.9 Å². The number of carbonyl (C=O) groups is 1. The highest BCUT2D eigenvalue weighted by atomic mass is 19.1. The number of Topliss-reactive ketones (excluding diaryl/α,β-unsaturated/α-hetero) is 1. The van der Waals surface area contributed by atoms with Crippen LogP contribution >= 0.6 is 0 Å². The van der Waals surface area contributed by atoms with E-state index in [-0.39, 0.29) is 24.2 Å². The number of hydrogen-bond acceptors (Lipinski definition) is 7. The maximum absolute atomic E-state index is 15.5. The summed E-state index contributed by atoms with van der Waals surface area (Å²) in [4.78, 5) is 25.4. The molecule has 0 saturated heterocycles. The van der Waals surface area contributed by atoms with E-state index in [0.29, 0.717) is 29.1 Å². The third-order valence-corrected chi connectivity index (χ3v) is 8.11. The number of anilines is 2. The topological polar surface area (TPSA) is 89.0 Å². The van der Waals surface area contributed by atoms with Crippen molar-refractivity contribution < 1.29 is 13.9 Å². The Kier molecular flexibility index (Phi) is 7.63. The van der Waals surface area contributed by atoms with Crippen molar-refractivity contribution in [2.24, 2.45) is 0 Å². The summed E-state index contributed by atoms with van der Waals surface area (Å²) in [7, 11) is 1.55. The number of fused-ring (bicyclic) bond motifs is 1. The van der Waals surface area contributed by atoms with Gasteiger partial charge in [0, 0.05) is 42.8 Å². The Morgan fingerprint density at radius 1 is 0.929 bits per heavy atom. The number of hydrogen-bond donors (Lipinski definition) is 2. The maximum atomic E-state index is 15.5. The minimum atomic E-state index is -0.361. The quantitative estimate of drug-likeness (QED) is 0.209. The Hall–Kier alpha value is -4.69. The molecule has 1 aliphatic carbocycles. The van der Waals surface area contributed by atoms with Crippen molar-refractivity contribution in [1.29, 1.82) is 0 Å². The van der Waals surface area contributed by atoms with Crippen LogP contribution in [0.25, 0.3) is 33.3 Å². The van der Waals surface area contributed by atoms with Crippen molar-refractivity contribution >= 4 is 28.3 Å². The SMILES string of the molecule is COc1cc(-c2cccc(-c3cccc(Nc4nccc5nccnc45)c3C)c2C)cc(F)c1CN[C@@H]1CCCC1=O. The van der Waals surface area contributed by atoms with Crippen LogP contribution < -0.4 is 15.4 Å². The summed E-state index contributed by atoms with van der Waals surface area (Å²) in [5, 5.41) is 6.66. The third kappa shape index (κ3) is 5.21. The Labute approximate surface area is 244 Å². The Balaban J connectivity index is 1.33. The summed E-state index contributed by atoms with van der Waals surface area (Å²) in [6.07, 6.45) is 7.28. The third-order valence-electron chi connectivity index (χ3n) is 8.11. The molecular weight excluding hydrogens is 529 g/mol. The standard InChI is InChI=1S/C34H32FN5O2/c1-20-23(22-17-27(35)26(32(18-22)42-3)19-39-29-11-6-12-31(29)41)7-4-8-24(20)25-9-5-10-28(21(25)2)40-34-33-30(13-14-38-34)36-15-16-37-33/h4-5,7-10,13-18,29,39H,6,11-12,19H2,1-3H3,(H,38,40)/t29-/m1/s1. The number of ketones is 1. The molecule has 1 aliphatic rings. The van der Waals surface area contributed by atoms with E-state index in [2.05, 4.69) is 51.6 Å².